The normalized spacial score (nSPS) is 21.6. The average Bonchev–Trinajstić information content (AvgIpc) is 2.29. The van der Waals surface area contributed by atoms with Crippen molar-refractivity contribution in [3.05, 3.63) is 35.4 Å². The van der Waals surface area contributed by atoms with Gasteiger partial charge in [0.25, 0.3) is 0 Å². The summed E-state index contributed by atoms with van der Waals surface area (Å²) in [4.78, 5) is 11.5. The van der Waals surface area contributed by atoms with Gasteiger partial charge in [0.1, 0.15) is 0 Å². The molecule has 2 nitrogen and oxygen atoms in total. The molecule has 1 N–H and O–H groups in total. The van der Waals surface area contributed by atoms with Gasteiger partial charge in [0.2, 0.25) is 5.91 Å². The van der Waals surface area contributed by atoms with Crippen molar-refractivity contribution in [2.45, 2.75) is 19.3 Å². The van der Waals surface area contributed by atoms with Gasteiger partial charge in [-0.3, -0.25) is 4.79 Å². The first-order valence-corrected chi connectivity index (χ1v) is 4.64. The summed E-state index contributed by atoms with van der Waals surface area (Å²) in [6.45, 7) is 2.72. The third kappa shape index (κ3) is 1.44. The number of amides is 1. The zero-order chi connectivity index (χ0) is 9.26. The minimum absolute atomic E-state index is 0.00120. The van der Waals surface area contributed by atoms with Crippen molar-refractivity contribution in [3.63, 3.8) is 0 Å². The van der Waals surface area contributed by atoms with Gasteiger partial charge in [-0.15, -0.1) is 0 Å². The zero-order valence-corrected chi connectivity index (χ0v) is 7.71. The fourth-order valence-electron chi connectivity index (χ4n) is 1.80. The number of rotatable bonds is 0. The Hall–Kier alpha value is -1.31. The van der Waals surface area contributed by atoms with Gasteiger partial charge in [-0.25, -0.2) is 0 Å². The first kappa shape index (κ1) is 8.30. The third-order valence-corrected chi connectivity index (χ3v) is 2.61. The fourth-order valence-corrected chi connectivity index (χ4v) is 1.80. The fraction of sp³-hybridized carbons (Fsp3) is 0.364. The van der Waals surface area contributed by atoms with Crippen molar-refractivity contribution in [3.8, 4) is 0 Å². The second-order valence-corrected chi connectivity index (χ2v) is 3.46. The monoisotopic (exact) mass is 175 g/mol. The molecule has 0 saturated carbocycles. The Kier molecular flexibility index (Phi) is 2.05. The summed E-state index contributed by atoms with van der Waals surface area (Å²) in [5.74, 6) is 0.142. The van der Waals surface area contributed by atoms with Crippen LogP contribution in [-0.4, -0.2) is 12.5 Å². The molecule has 1 heterocycles. The van der Waals surface area contributed by atoms with Crippen molar-refractivity contribution in [2.24, 2.45) is 0 Å². The number of carbonyl (C=O) groups excluding carboxylic acids is 1. The van der Waals surface area contributed by atoms with Crippen LogP contribution in [0.2, 0.25) is 0 Å². The molecule has 0 spiro atoms. The molecule has 1 atom stereocenters. The lowest BCUT2D eigenvalue weighted by Gasteiger charge is -2.09. The molecule has 0 fully saturated rings. The molecule has 68 valence electrons. The largest absolute Gasteiger partial charge is 0.355 e. The quantitative estimate of drug-likeness (QED) is 0.635. The molecule has 13 heavy (non-hydrogen) atoms. The first-order valence-electron chi connectivity index (χ1n) is 4.64. The number of benzene rings is 1. The maximum absolute atomic E-state index is 11.5. The maximum Gasteiger partial charge on any atom is 0.227 e. The Morgan fingerprint density at radius 2 is 2.15 bits per heavy atom. The minimum Gasteiger partial charge on any atom is -0.355 e. The summed E-state index contributed by atoms with van der Waals surface area (Å²) in [7, 11) is 0. The summed E-state index contributed by atoms with van der Waals surface area (Å²) in [5.41, 5.74) is 2.48. The van der Waals surface area contributed by atoms with Gasteiger partial charge in [0.05, 0.1) is 5.92 Å². The van der Waals surface area contributed by atoms with E-state index in [0.717, 1.165) is 13.0 Å². The van der Waals surface area contributed by atoms with Gasteiger partial charge in [-0.1, -0.05) is 24.3 Å². The Labute approximate surface area is 78.0 Å². The zero-order valence-electron chi connectivity index (χ0n) is 7.71. The highest BCUT2D eigenvalue weighted by atomic mass is 16.1. The highest BCUT2D eigenvalue weighted by Crippen LogP contribution is 2.22. The number of hydrogen-bond acceptors (Lipinski definition) is 1. The molecule has 2 rings (SSSR count). The lowest BCUT2D eigenvalue weighted by atomic mass is 9.95. The van der Waals surface area contributed by atoms with Gasteiger partial charge < -0.3 is 5.32 Å². The van der Waals surface area contributed by atoms with E-state index in [1.54, 1.807) is 0 Å². The Balaban J connectivity index is 2.46. The molecule has 0 radical (unpaired) electrons. The van der Waals surface area contributed by atoms with Crippen molar-refractivity contribution >= 4 is 5.91 Å². The van der Waals surface area contributed by atoms with Crippen molar-refractivity contribution < 1.29 is 4.79 Å². The van der Waals surface area contributed by atoms with E-state index in [2.05, 4.69) is 11.4 Å². The van der Waals surface area contributed by atoms with Crippen LogP contribution < -0.4 is 5.32 Å². The molecule has 0 aliphatic carbocycles. The average molecular weight is 175 g/mol. The van der Waals surface area contributed by atoms with E-state index in [-0.39, 0.29) is 11.8 Å². The highest BCUT2D eigenvalue weighted by Gasteiger charge is 2.20. The van der Waals surface area contributed by atoms with Crippen molar-refractivity contribution in [2.75, 3.05) is 6.54 Å². The van der Waals surface area contributed by atoms with E-state index >= 15 is 0 Å². The van der Waals surface area contributed by atoms with Crippen molar-refractivity contribution in [1.29, 1.82) is 0 Å². The summed E-state index contributed by atoms with van der Waals surface area (Å²) in [5, 5.41) is 2.90. The van der Waals surface area contributed by atoms with E-state index in [9.17, 15) is 4.79 Å². The predicted octanol–water partition coefficient (Wildman–Crippen LogP) is 1.46. The molecule has 0 bridgehead atoms. The minimum atomic E-state index is -0.00120. The van der Waals surface area contributed by atoms with Crippen LogP contribution in [0.25, 0.3) is 0 Å². The lowest BCUT2D eigenvalue weighted by Crippen LogP contribution is -2.26. The SMILES string of the molecule is CC1C(=O)NCCc2ccccc21. The van der Waals surface area contributed by atoms with Crippen LogP contribution in [0.4, 0.5) is 0 Å². The van der Waals surface area contributed by atoms with E-state index < -0.39 is 0 Å². The standard InChI is InChI=1S/C11H13NO/c1-8-10-5-3-2-4-9(10)6-7-12-11(8)13/h2-5,8H,6-7H2,1H3,(H,12,13). The van der Waals surface area contributed by atoms with Crippen LogP contribution in [-0.2, 0) is 11.2 Å². The molecule has 1 aliphatic rings. The maximum atomic E-state index is 11.5. The third-order valence-electron chi connectivity index (χ3n) is 2.61. The van der Waals surface area contributed by atoms with Crippen LogP contribution in [0, 0.1) is 0 Å². The Morgan fingerprint density at radius 3 is 3.00 bits per heavy atom. The number of nitrogens with one attached hydrogen (secondary N) is 1. The molecule has 1 amide bonds. The van der Waals surface area contributed by atoms with Gasteiger partial charge in [0, 0.05) is 6.54 Å². The van der Waals surface area contributed by atoms with Crippen LogP contribution in [0.3, 0.4) is 0 Å². The molecule has 1 aromatic carbocycles. The lowest BCUT2D eigenvalue weighted by molar-refractivity contribution is -0.121. The van der Waals surface area contributed by atoms with E-state index in [1.807, 2.05) is 25.1 Å². The van der Waals surface area contributed by atoms with Gasteiger partial charge in [-0.05, 0) is 24.5 Å². The number of fused-ring (bicyclic) bond motifs is 1. The van der Waals surface area contributed by atoms with Crippen LogP contribution in [0.5, 0.6) is 0 Å². The molecule has 0 saturated heterocycles. The van der Waals surface area contributed by atoms with Crippen LogP contribution in [0.1, 0.15) is 24.0 Å². The van der Waals surface area contributed by atoms with E-state index in [0.29, 0.717) is 0 Å². The summed E-state index contributed by atoms with van der Waals surface area (Å²) in [6.07, 6.45) is 0.951. The number of carbonyl (C=O) groups is 1. The Bertz CT molecular complexity index is 333. The highest BCUT2D eigenvalue weighted by molar-refractivity contribution is 5.84. The topological polar surface area (TPSA) is 29.1 Å². The summed E-state index contributed by atoms with van der Waals surface area (Å²) < 4.78 is 0. The van der Waals surface area contributed by atoms with Gasteiger partial charge in [-0.2, -0.15) is 0 Å². The van der Waals surface area contributed by atoms with Gasteiger partial charge >= 0.3 is 0 Å². The van der Waals surface area contributed by atoms with E-state index in [1.165, 1.54) is 11.1 Å². The molecule has 1 unspecified atom stereocenters. The van der Waals surface area contributed by atoms with Gasteiger partial charge in [0.15, 0.2) is 0 Å². The number of hydrogen-bond donors (Lipinski definition) is 1. The molecular weight excluding hydrogens is 162 g/mol. The molecule has 1 aliphatic heterocycles. The molecule has 2 heteroatoms. The van der Waals surface area contributed by atoms with Crippen LogP contribution in [0.15, 0.2) is 24.3 Å². The molecular formula is C11H13NO. The second kappa shape index (κ2) is 3.21. The predicted molar refractivity (Wildman–Crippen MR) is 51.6 cm³/mol. The first-order chi connectivity index (χ1) is 6.29. The van der Waals surface area contributed by atoms with Crippen molar-refractivity contribution in [1.82, 2.24) is 5.32 Å². The Morgan fingerprint density at radius 1 is 1.38 bits per heavy atom. The van der Waals surface area contributed by atoms with E-state index in [4.69, 9.17) is 0 Å². The summed E-state index contributed by atoms with van der Waals surface area (Å²) in [6, 6.07) is 8.17. The second-order valence-electron chi connectivity index (χ2n) is 3.46. The molecule has 1 aromatic rings. The summed E-state index contributed by atoms with van der Waals surface area (Å²) >= 11 is 0. The van der Waals surface area contributed by atoms with Crippen LogP contribution >= 0.6 is 0 Å². The molecule has 0 aromatic heterocycles. The smallest absolute Gasteiger partial charge is 0.227 e.